The molecule has 3 aliphatic heterocycles. The molecule has 0 aromatic carbocycles. The SMILES string of the molecule is CC1OCC1OC(SC1=C(C(=O)N2CCC2)NCC(Cl)=C1)[C@@H](O)CN. The van der Waals surface area contributed by atoms with E-state index in [9.17, 15) is 9.90 Å². The van der Waals surface area contributed by atoms with Crippen LogP contribution in [0.1, 0.15) is 13.3 Å². The number of thioether (sulfide) groups is 1. The van der Waals surface area contributed by atoms with E-state index < -0.39 is 11.5 Å². The van der Waals surface area contributed by atoms with E-state index in [0.29, 0.717) is 28.8 Å². The molecule has 0 bridgehead atoms. The van der Waals surface area contributed by atoms with Crippen LogP contribution in [-0.4, -0.2) is 72.4 Å². The number of hydrogen-bond donors (Lipinski definition) is 3. The lowest BCUT2D eigenvalue weighted by Gasteiger charge is -2.38. The number of nitrogens with two attached hydrogens (primary N) is 1. The maximum absolute atomic E-state index is 12.6. The van der Waals surface area contributed by atoms with E-state index in [1.165, 1.54) is 11.8 Å². The lowest BCUT2D eigenvalue weighted by molar-refractivity contribution is -0.195. The second kappa shape index (κ2) is 8.28. The predicted molar refractivity (Wildman–Crippen MR) is 96.9 cm³/mol. The van der Waals surface area contributed by atoms with Gasteiger partial charge >= 0.3 is 0 Å². The molecule has 2 saturated heterocycles. The van der Waals surface area contributed by atoms with Crippen LogP contribution in [0.2, 0.25) is 0 Å². The number of carbonyl (C=O) groups is 1. The highest BCUT2D eigenvalue weighted by Gasteiger charge is 2.35. The summed E-state index contributed by atoms with van der Waals surface area (Å²) < 4.78 is 11.3. The summed E-state index contributed by atoms with van der Waals surface area (Å²) >= 11 is 7.42. The average molecular weight is 390 g/mol. The molecule has 9 heteroatoms. The molecular formula is C16H24ClN3O4S. The number of likely N-dealkylation sites (tertiary alicyclic amines) is 1. The van der Waals surface area contributed by atoms with E-state index >= 15 is 0 Å². The molecule has 4 N–H and O–H groups in total. The van der Waals surface area contributed by atoms with Crippen LogP contribution in [0.3, 0.4) is 0 Å². The van der Waals surface area contributed by atoms with Crippen molar-refractivity contribution in [3.05, 3.63) is 21.7 Å². The summed E-state index contributed by atoms with van der Waals surface area (Å²) in [5.41, 5.74) is 5.53. The van der Waals surface area contributed by atoms with Crippen LogP contribution < -0.4 is 11.1 Å². The quantitative estimate of drug-likeness (QED) is 0.540. The summed E-state index contributed by atoms with van der Waals surface area (Å²) in [4.78, 5) is 15.1. The molecule has 0 aromatic rings. The van der Waals surface area contributed by atoms with E-state index in [-0.39, 0.29) is 24.7 Å². The van der Waals surface area contributed by atoms with Gasteiger partial charge in [-0.25, -0.2) is 0 Å². The van der Waals surface area contributed by atoms with Crippen LogP contribution in [0.4, 0.5) is 0 Å². The minimum Gasteiger partial charge on any atom is -0.388 e. The Balaban J connectivity index is 1.78. The molecule has 3 rings (SSSR count). The van der Waals surface area contributed by atoms with Crippen LogP contribution >= 0.6 is 23.4 Å². The molecule has 0 spiro atoms. The third-order valence-corrected chi connectivity index (χ3v) is 5.96. The highest BCUT2D eigenvalue weighted by Crippen LogP contribution is 2.34. The lowest BCUT2D eigenvalue weighted by atomic mass is 10.1. The Morgan fingerprint density at radius 3 is 2.92 bits per heavy atom. The first-order chi connectivity index (χ1) is 12.0. The van der Waals surface area contributed by atoms with Gasteiger partial charge in [0.1, 0.15) is 23.3 Å². The summed E-state index contributed by atoms with van der Waals surface area (Å²) in [7, 11) is 0. The number of nitrogens with one attached hydrogen (secondary N) is 1. The van der Waals surface area contributed by atoms with Crippen molar-refractivity contribution >= 4 is 29.3 Å². The first-order valence-electron chi connectivity index (χ1n) is 8.45. The number of allylic oxidation sites excluding steroid dienone is 1. The van der Waals surface area contributed by atoms with Gasteiger partial charge in [-0.05, 0) is 19.4 Å². The van der Waals surface area contributed by atoms with E-state index in [1.807, 2.05) is 6.92 Å². The molecule has 25 heavy (non-hydrogen) atoms. The van der Waals surface area contributed by atoms with Gasteiger partial charge in [0.15, 0.2) is 0 Å². The summed E-state index contributed by atoms with van der Waals surface area (Å²) in [5, 5.41) is 14.0. The van der Waals surface area contributed by atoms with Crippen molar-refractivity contribution in [2.75, 3.05) is 32.8 Å². The number of ether oxygens (including phenoxy) is 2. The van der Waals surface area contributed by atoms with Gasteiger partial charge in [-0.1, -0.05) is 23.4 Å². The third kappa shape index (κ3) is 4.32. The molecule has 2 fully saturated rings. The molecule has 7 nitrogen and oxygen atoms in total. The molecule has 0 radical (unpaired) electrons. The molecule has 3 heterocycles. The van der Waals surface area contributed by atoms with E-state index in [1.54, 1.807) is 11.0 Å². The second-order valence-electron chi connectivity index (χ2n) is 6.33. The van der Waals surface area contributed by atoms with Gasteiger partial charge in [-0.15, -0.1) is 0 Å². The van der Waals surface area contributed by atoms with Gasteiger partial charge < -0.3 is 30.5 Å². The fraction of sp³-hybridized carbons (Fsp3) is 0.688. The average Bonchev–Trinajstić information content (AvgIpc) is 2.54. The highest BCUT2D eigenvalue weighted by atomic mass is 35.5. The maximum atomic E-state index is 12.6. The Hall–Kier alpha value is -0.770. The normalized spacial score (nSPS) is 28.5. The van der Waals surface area contributed by atoms with Gasteiger partial charge in [0.25, 0.3) is 5.91 Å². The zero-order valence-corrected chi connectivity index (χ0v) is 15.7. The molecule has 0 aromatic heterocycles. The van der Waals surface area contributed by atoms with Crippen molar-refractivity contribution in [3.8, 4) is 0 Å². The molecule has 0 aliphatic carbocycles. The summed E-state index contributed by atoms with van der Waals surface area (Å²) in [6, 6.07) is 0. The van der Waals surface area contributed by atoms with Crippen LogP contribution in [-0.2, 0) is 14.3 Å². The molecule has 3 unspecified atom stereocenters. The number of hydrogen-bond acceptors (Lipinski definition) is 7. The molecule has 0 saturated carbocycles. The Kier molecular flexibility index (Phi) is 6.30. The number of amides is 1. The zero-order chi connectivity index (χ0) is 18.0. The first kappa shape index (κ1) is 19.0. The summed E-state index contributed by atoms with van der Waals surface area (Å²) in [5.74, 6) is -0.0458. The largest absolute Gasteiger partial charge is 0.388 e. The first-order valence-corrected chi connectivity index (χ1v) is 9.70. The predicted octanol–water partition coefficient (Wildman–Crippen LogP) is 0.339. The molecule has 1 amide bonds. The van der Waals surface area contributed by atoms with Gasteiger partial charge in [0.05, 0.1) is 19.3 Å². The molecular weight excluding hydrogens is 366 g/mol. The number of rotatable bonds is 7. The number of dihydropyridines is 1. The Morgan fingerprint density at radius 2 is 2.40 bits per heavy atom. The fourth-order valence-corrected chi connectivity index (χ4v) is 4.04. The monoisotopic (exact) mass is 389 g/mol. The van der Waals surface area contributed by atoms with Crippen molar-refractivity contribution in [2.24, 2.45) is 5.73 Å². The Morgan fingerprint density at radius 1 is 1.64 bits per heavy atom. The molecule has 4 atom stereocenters. The number of nitrogens with zero attached hydrogens (tertiary/aromatic N) is 1. The van der Waals surface area contributed by atoms with Crippen molar-refractivity contribution in [3.63, 3.8) is 0 Å². The highest BCUT2D eigenvalue weighted by molar-refractivity contribution is 8.03. The van der Waals surface area contributed by atoms with Crippen LogP contribution in [0, 0.1) is 0 Å². The van der Waals surface area contributed by atoms with E-state index in [0.717, 1.165) is 19.5 Å². The topological polar surface area (TPSA) is 97.0 Å². The van der Waals surface area contributed by atoms with Crippen molar-refractivity contribution < 1.29 is 19.4 Å². The van der Waals surface area contributed by atoms with Gasteiger partial charge in [-0.2, -0.15) is 0 Å². The standard InChI is InChI=1S/C16H24ClN3O4S/c1-9-12(8-23-9)24-16(11(21)6-18)25-13-5-10(17)7-19-14(13)15(22)20-3-2-4-20/h5,9,11-12,16,19,21H,2-4,6-8,18H2,1H3/t9?,11-,12?,16?/m0/s1. The number of halogens is 1. The number of aliphatic hydroxyl groups excluding tert-OH is 1. The van der Waals surface area contributed by atoms with Crippen molar-refractivity contribution in [2.45, 2.75) is 37.1 Å². The third-order valence-electron chi connectivity index (χ3n) is 4.48. The van der Waals surface area contributed by atoms with E-state index in [4.69, 9.17) is 26.8 Å². The smallest absolute Gasteiger partial charge is 0.271 e. The van der Waals surface area contributed by atoms with Crippen LogP contribution in [0.5, 0.6) is 0 Å². The van der Waals surface area contributed by atoms with Gasteiger partial charge in [0.2, 0.25) is 0 Å². The van der Waals surface area contributed by atoms with Crippen LogP contribution in [0.25, 0.3) is 0 Å². The second-order valence-corrected chi connectivity index (χ2v) is 7.96. The minimum absolute atomic E-state index is 0.0205. The Labute approximate surface area is 156 Å². The van der Waals surface area contributed by atoms with Crippen molar-refractivity contribution in [1.82, 2.24) is 10.2 Å². The Bertz CT molecular complexity index is 582. The van der Waals surface area contributed by atoms with Crippen LogP contribution in [0.15, 0.2) is 21.7 Å². The fourth-order valence-electron chi connectivity index (χ4n) is 2.60. The van der Waals surface area contributed by atoms with E-state index in [2.05, 4.69) is 5.32 Å². The zero-order valence-electron chi connectivity index (χ0n) is 14.1. The summed E-state index contributed by atoms with van der Waals surface area (Å²) in [6.45, 7) is 4.42. The molecule has 140 valence electrons. The van der Waals surface area contributed by atoms with Gasteiger partial charge in [-0.3, -0.25) is 4.79 Å². The number of carbonyl (C=O) groups excluding carboxylic acids is 1. The number of aliphatic hydroxyl groups is 1. The van der Waals surface area contributed by atoms with Gasteiger partial charge in [0, 0.05) is 29.6 Å². The lowest BCUT2D eigenvalue weighted by Crippen LogP contribution is -2.49. The molecule has 3 aliphatic rings. The maximum Gasteiger partial charge on any atom is 0.271 e. The summed E-state index contributed by atoms with van der Waals surface area (Å²) in [6.07, 6.45) is 1.81. The van der Waals surface area contributed by atoms with Crippen molar-refractivity contribution in [1.29, 1.82) is 0 Å². The minimum atomic E-state index is -0.861.